The Morgan fingerprint density at radius 2 is 1.67 bits per heavy atom. The first-order valence-electron chi connectivity index (χ1n) is 7.22. The fourth-order valence-electron chi connectivity index (χ4n) is 2.64. The summed E-state index contributed by atoms with van der Waals surface area (Å²) in [7, 11) is 0. The third-order valence-corrected chi connectivity index (χ3v) is 3.84. The minimum Gasteiger partial charge on any atom is -0.318 e. The summed E-state index contributed by atoms with van der Waals surface area (Å²) in [4.78, 5) is 33.6. The molecule has 0 atom stereocenters. The van der Waals surface area contributed by atoms with Gasteiger partial charge in [-0.1, -0.05) is 12.1 Å². The van der Waals surface area contributed by atoms with Crippen molar-refractivity contribution in [3.8, 4) is 11.3 Å². The maximum Gasteiger partial charge on any atom is 0.263 e. The van der Waals surface area contributed by atoms with E-state index in [4.69, 9.17) is 0 Å². The van der Waals surface area contributed by atoms with Crippen molar-refractivity contribution in [1.29, 1.82) is 0 Å². The van der Waals surface area contributed by atoms with Crippen LogP contribution in [0.2, 0.25) is 0 Å². The molecule has 24 heavy (non-hydrogen) atoms. The maximum atomic E-state index is 12.9. The molecule has 0 bridgehead atoms. The Morgan fingerprint density at radius 1 is 0.958 bits per heavy atom. The number of hydrogen-bond acceptors (Lipinski definition) is 4. The molecule has 1 aliphatic heterocycles. The van der Waals surface area contributed by atoms with Crippen LogP contribution in [0.15, 0.2) is 55.1 Å². The Balaban J connectivity index is 1.58. The fourth-order valence-corrected chi connectivity index (χ4v) is 2.64. The molecular weight excluding hydrogens is 311 g/mol. The molecule has 1 aromatic carbocycles. The summed E-state index contributed by atoms with van der Waals surface area (Å²) in [6.07, 6.45) is 4.57. The van der Waals surface area contributed by atoms with E-state index in [9.17, 15) is 14.0 Å². The summed E-state index contributed by atoms with van der Waals surface area (Å²) in [6, 6.07) is 9.54. The van der Waals surface area contributed by atoms with Crippen molar-refractivity contribution in [3.05, 3.63) is 72.2 Å². The molecule has 0 saturated carbocycles. The number of amides is 2. The van der Waals surface area contributed by atoms with Crippen LogP contribution in [0, 0.1) is 5.95 Å². The SMILES string of the molecule is O=C1c2ccccc2C(=O)N1Cn1cnc(-c2ccc(F)nc2)c1. The van der Waals surface area contributed by atoms with Crippen molar-refractivity contribution in [2.75, 3.05) is 0 Å². The molecule has 3 aromatic rings. The fraction of sp³-hybridized carbons (Fsp3) is 0.0588. The Hall–Kier alpha value is -3.35. The van der Waals surface area contributed by atoms with E-state index in [0.717, 1.165) is 0 Å². The van der Waals surface area contributed by atoms with Crippen LogP contribution in [0.4, 0.5) is 4.39 Å². The number of imide groups is 1. The van der Waals surface area contributed by atoms with Gasteiger partial charge in [0.25, 0.3) is 11.8 Å². The number of aromatic nitrogens is 3. The van der Waals surface area contributed by atoms with Crippen LogP contribution in [0.3, 0.4) is 0 Å². The second kappa shape index (κ2) is 5.38. The van der Waals surface area contributed by atoms with Crippen LogP contribution in [0.25, 0.3) is 11.3 Å². The number of nitrogens with zero attached hydrogens (tertiary/aromatic N) is 4. The summed E-state index contributed by atoms with van der Waals surface area (Å²) < 4.78 is 14.5. The zero-order chi connectivity index (χ0) is 16.7. The van der Waals surface area contributed by atoms with E-state index in [0.29, 0.717) is 22.4 Å². The molecule has 0 radical (unpaired) electrons. The predicted molar refractivity (Wildman–Crippen MR) is 82.4 cm³/mol. The smallest absolute Gasteiger partial charge is 0.263 e. The van der Waals surface area contributed by atoms with Gasteiger partial charge in [-0.05, 0) is 24.3 Å². The largest absolute Gasteiger partial charge is 0.318 e. The number of carbonyl (C=O) groups excluding carboxylic acids is 2. The Labute approximate surface area is 136 Å². The van der Waals surface area contributed by atoms with Gasteiger partial charge >= 0.3 is 0 Å². The highest BCUT2D eigenvalue weighted by molar-refractivity contribution is 6.21. The molecule has 6 nitrogen and oxygen atoms in total. The Morgan fingerprint density at radius 3 is 2.29 bits per heavy atom. The Kier molecular flexibility index (Phi) is 3.19. The second-order valence-corrected chi connectivity index (χ2v) is 5.37. The van der Waals surface area contributed by atoms with Crippen LogP contribution in [-0.2, 0) is 6.67 Å². The number of fused-ring (bicyclic) bond motifs is 1. The first-order valence-corrected chi connectivity index (χ1v) is 7.22. The second-order valence-electron chi connectivity index (χ2n) is 5.37. The molecule has 118 valence electrons. The molecule has 0 spiro atoms. The maximum absolute atomic E-state index is 12.9. The number of rotatable bonds is 3. The van der Waals surface area contributed by atoms with Crippen molar-refractivity contribution >= 4 is 11.8 Å². The molecule has 2 aromatic heterocycles. The van der Waals surface area contributed by atoms with Gasteiger partial charge < -0.3 is 4.57 Å². The lowest BCUT2D eigenvalue weighted by Gasteiger charge is -2.13. The lowest BCUT2D eigenvalue weighted by molar-refractivity contribution is 0.0606. The van der Waals surface area contributed by atoms with Gasteiger partial charge in [0.2, 0.25) is 5.95 Å². The van der Waals surface area contributed by atoms with Gasteiger partial charge in [0.1, 0.15) is 6.67 Å². The molecule has 1 aliphatic rings. The van der Waals surface area contributed by atoms with Gasteiger partial charge in [-0.2, -0.15) is 4.39 Å². The van der Waals surface area contributed by atoms with E-state index in [2.05, 4.69) is 9.97 Å². The Bertz CT molecular complexity index is 914. The van der Waals surface area contributed by atoms with E-state index < -0.39 is 5.95 Å². The minimum absolute atomic E-state index is 0.0635. The van der Waals surface area contributed by atoms with Crippen LogP contribution in [0.1, 0.15) is 20.7 Å². The number of hydrogen-bond donors (Lipinski definition) is 0. The molecule has 0 N–H and O–H groups in total. The zero-order valence-corrected chi connectivity index (χ0v) is 12.4. The molecule has 7 heteroatoms. The molecule has 4 rings (SSSR count). The first-order chi connectivity index (χ1) is 11.6. The lowest BCUT2D eigenvalue weighted by Crippen LogP contribution is -2.31. The summed E-state index contributed by atoms with van der Waals surface area (Å²) in [5.41, 5.74) is 2.05. The van der Waals surface area contributed by atoms with Crippen molar-refractivity contribution in [1.82, 2.24) is 19.4 Å². The highest BCUT2D eigenvalue weighted by Gasteiger charge is 2.35. The van der Waals surface area contributed by atoms with Gasteiger partial charge in [0, 0.05) is 18.0 Å². The molecule has 0 saturated heterocycles. The van der Waals surface area contributed by atoms with E-state index in [-0.39, 0.29) is 18.5 Å². The third kappa shape index (κ3) is 2.26. The third-order valence-electron chi connectivity index (χ3n) is 3.84. The highest BCUT2D eigenvalue weighted by Crippen LogP contribution is 2.23. The van der Waals surface area contributed by atoms with Gasteiger partial charge in [0.05, 0.1) is 23.1 Å². The van der Waals surface area contributed by atoms with E-state index >= 15 is 0 Å². The number of halogens is 1. The van der Waals surface area contributed by atoms with E-state index in [1.807, 2.05) is 0 Å². The van der Waals surface area contributed by atoms with Crippen molar-refractivity contribution in [2.45, 2.75) is 6.67 Å². The van der Waals surface area contributed by atoms with Crippen molar-refractivity contribution in [3.63, 3.8) is 0 Å². The normalized spacial score (nSPS) is 13.5. The molecule has 0 unspecified atom stereocenters. The van der Waals surface area contributed by atoms with E-state index in [1.165, 1.54) is 23.5 Å². The van der Waals surface area contributed by atoms with Crippen molar-refractivity contribution in [2.24, 2.45) is 0 Å². The minimum atomic E-state index is -0.566. The van der Waals surface area contributed by atoms with Crippen LogP contribution >= 0.6 is 0 Å². The van der Waals surface area contributed by atoms with Gasteiger partial charge in [0.15, 0.2) is 0 Å². The number of carbonyl (C=O) groups is 2. The summed E-state index contributed by atoms with van der Waals surface area (Å²) in [5, 5.41) is 0. The standard InChI is InChI=1S/C17H11FN4O2/c18-15-6-5-11(7-19-15)14-8-21(9-20-14)10-22-16(23)12-3-1-2-4-13(12)17(22)24/h1-9H,10H2. The molecule has 0 aliphatic carbocycles. The van der Waals surface area contributed by atoms with E-state index in [1.54, 1.807) is 41.1 Å². The van der Waals surface area contributed by atoms with Crippen LogP contribution < -0.4 is 0 Å². The molecular formula is C17H11FN4O2. The van der Waals surface area contributed by atoms with Crippen molar-refractivity contribution < 1.29 is 14.0 Å². The average molecular weight is 322 g/mol. The van der Waals surface area contributed by atoms with Crippen LogP contribution in [-0.4, -0.2) is 31.2 Å². The highest BCUT2D eigenvalue weighted by atomic mass is 19.1. The topological polar surface area (TPSA) is 68.1 Å². The molecule has 2 amide bonds. The van der Waals surface area contributed by atoms with Gasteiger partial charge in [-0.25, -0.2) is 9.97 Å². The summed E-state index contributed by atoms with van der Waals surface area (Å²) >= 11 is 0. The van der Waals surface area contributed by atoms with Gasteiger partial charge in [-0.3, -0.25) is 14.5 Å². The first kappa shape index (κ1) is 14.3. The summed E-state index contributed by atoms with van der Waals surface area (Å²) in [6.45, 7) is 0.0635. The van der Waals surface area contributed by atoms with Crippen LogP contribution in [0.5, 0.6) is 0 Å². The predicted octanol–water partition coefficient (Wildman–Crippen LogP) is 2.34. The number of imidazole rings is 1. The zero-order valence-electron chi connectivity index (χ0n) is 12.4. The lowest BCUT2D eigenvalue weighted by atomic mass is 10.1. The summed E-state index contributed by atoms with van der Waals surface area (Å²) in [5.74, 6) is -1.21. The molecule has 3 heterocycles. The molecule has 0 fully saturated rings. The van der Waals surface area contributed by atoms with Gasteiger partial charge in [-0.15, -0.1) is 0 Å². The monoisotopic (exact) mass is 322 g/mol. The number of pyridine rings is 1. The number of benzene rings is 1. The average Bonchev–Trinajstić information content (AvgIpc) is 3.16. The quantitative estimate of drug-likeness (QED) is 0.548.